The quantitative estimate of drug-likeness (QED) is 0.563. The summed E-state index contributed by atoms with van der Waals surface area (Å²) < 4.78 is 5.43. The first-order valence-corrected chi connectivity index (χ1v) is 10.1. The number of ether oxygens (including phenoxy) is 1. The Hall–Kier alpha value is -1.31. The van der Waals surface area contributed by atoms with Crippen molar-refractivity contribution in [3.8, 4) is 0 Å². The number of carbonyl (C=O) groups excluding carboxylic acids is 1. The van der Waals surface area contributed by atoms with Crippen molar-refractivity contribution >= 4 is 5.97 Å². The smallest absolute Gasteiger partial charge is 0.306 e. The molecule has 1 aliphatic rings. The predicted octanol–water partition coefficient (Wildman–Crippen LogP) is 6.74. The number of benzene rings is 1. The third kappa shape index (κ3) is 10.3. The Labute approximate surface area is 156 Å². The molecule has 0 saturated heterocycles. The van der Waals surface area contributed by atoms with Gasteiger partial charge in [0.15, 0.2) is 0 Å². The molecule has 0 radical (unpaired) electrons. The van der Waals surface area contributed by atoms with E-state index in [1.807, 2.05) is 48.5 Å². The highest BCUT2D eigenvalue weighted by molar-refractivity contribution is 5.70. The van der Waals surface area contributed by atoms with Gasteiger partial charge in [0, 0.05) is 6.42 Å². The van der Waals surface area contributed by atoms with Crippen molar-refractivity contribution in [3.05, 3.63) is 35.4 Å². The SMILES string of the molecule is CC.CC.Cc1ccc(CC2CCC(CC(=O)OC(C)(C)C)C2)cc1. The topological polar surface area (TPSA) is 26.3 Å². The van der Waals surface area contributed by atoms with Crippen LogP contribution < -0.4 is 0 Å². The maximum Gasteiger partial charge on any atom is 0.306 e. The Morgan fingerprint density at radius 1 is 1.00 bits per heavy atom. The van der Waals surface area contributed by atoms with Crippen molar-refractivity contribution in [1.29, 1.82) is 0 Å². The second-order valence-electron chi connectivity index (χ2n) is 7.53. The molecule has 2 heteroatoms. The van der Waals surface area contributed by atoms with Crippen molar-refractivity contribution < 1.29 is 9.53 Å². The molecule has 0 aliphatic heterocycles. The number of rotatable bonds is 4. The number of aryl methyl sites for hydroxylation is 1. The van der Waals surface area contributed by atoms with Crippen molar-refractivity contribution in [2.24, 2.45) is 11.8 Å². The summed E-state index contributed by atoms with van der Waals surface area (Å²) in [5.41, 5.74) is 2.37. The molecule has 2 atom stereocenters. The van der Waals surface area contributed by atoms with Gasteiger partial charge in [-0.15, -0.1) is 0 Å². The molecule has 144 valence electrons. The zero-order chi connectivity index (χ0) is 19.5. The van der Waals surface area contributed by atoms with E-state index in [-0.39, 0.29) is 11.6 Å². The molecule has 0 aromatic heterocycles. The Morgan fingerprint density at radius 2 is 1.52 bits per heavy atom. The minimum Gasteiger partial charge on any atom is -0.460 e. The van der Waals surface area contributed by atoms with Gasteiger partial charge in [-0.3, -0.25) is 4.79 Å². The maximum atomic E-state index is 11.9. The fraction of sp³-hybridized carbons (Fsp3) is 0.696. The first-order valence-electron chi connectivity index (χ1n) is 10.1. The zero-order valence-electron chi connectivity index (χ0n) is 17.8. The standard InChI is InChI=1S/C19H28O2.2C2H6/c1-14-5-7-15(8-6-14)11-16-9-10-17(12-16)13-18(20)21-19(2,3)4;2*1-2/h5-8,16-17H,9-13H2,1-4H3;2*1-2H3. The van der Waals surface area contributed by atoms with Crippen LogP contribution in [0.1, 0.15) is 85.3 Å². The Kier molecular flexibility index (Phi) is 11.5. The molecule has 0 spiro atoms. The highest BCUT2D eigenvalue weighted by atomic mass is 16.6. The lowest BCUT2D eigenvalue weighted by Gasteiger charge is -2.20. The molecule has 0 amide bonds. The van der Waals surface area contributed by atoms with Crippen molar-refractivity contribution in [2.75, 3.05) is 0 Å². The summed E-state index contributed by atoms with van der Waals surface area (Å²) in [6.45, 7) is 15.9. The summed E-state index contributed by atoms with van der Waals surface area (Å²) >= 11 is 0. The molecule has 0 bridgehead atoms. The van der Waals surface area contributed by atoms with Gasteiger partial charge in [-0.1, -0.05) is 57.5 Å². The van der Waals surface area contributed by atoms with Crippen LogP contribution in [0.5, 0.6) is 0 Å². The van der Waals surface area contributed by atoms with E-state index in [9.17, 15) is 4.79 Å². The lowest BCUT2D eigenvalue weighted by molar-refractivity contribution is -0.155. The van der Waals surface area contributed by atoms with Crippen LogP contribution in [0.2, 0.25) is 0 Å². The molecule has 1 aliphatic carbocycles. The van der Waals surface area contributed by atoms with E-state index >= 15 is 0 Å². The van der Waals surface area contributed by atoms with Crippen LogP contribution in [0.15, 0.2) is 24.3 Å². The Bertz CT molecular complexity index is 468. The Balaban J connectivity index is 0.00000134. The summed E-state index contributed by atoms with van der Waals surface area (Å²) in [6, 6.07) is 8.83. The number of hydrogen-bond acceptors (Lipinski definition) is 2. The summed E-state index contributed by atoms with van der Waals surface area (Å²) in [5, 5.41) is 0. The molecule has 1 fully saturated rings. The van der Waals surface area contributed by atoms with E-state index in [0.717, 1.165) is 25.2 Å². The van der Waals surface area contributed by atoms with Crippen LogP contribution in [0.25, 0.3) is 0 Å². The number of hydrogen-bond donors (Lipinski definition) is 0. The van der Waals surface area contributed by atoms with Gasteiger partial charge in [0.05, 0.1) is 0 Å². The van der Waals surface area contributed by atoms with Crippen LogP contribution in [0.4, 0.5) is 0 Å². The molecule has 2 rings (SSSR count). The summed E-state index contributed by atoms with van der Waals surface area (Å²) in [7, 11) is 0. The van der Waals surface area contributed by atoms with Crippen LogP contribution in [0, 0.1) is 18.8 Å². The van der Waals surface area contributed by atoms with Crippen molar-refractivity contribution in [1.82, 2.24) is 0 Å². The minimum absolute atomic E-state index is 0.0384. The molecule has 1 saturated carbocycles. The average molecular weight is 349 g/mol. The highest BCUT2D eigenvalue weighted by Gasteiger charge is 2.28. The van der Waals surface area contributed by atoms with Gasteiger partial charge in [0.25, 0.3) is 0 Å². The fourth-order valence-electron chi connectivity index (χ4n) is 3.23. The summed E-state index contributed by atoms with van der Waals surface area (Å²) in [6.07, 6.45) is 5.29. The minimum atomic E-state index is -0.364. The normalized spacial score (nSPS) is 19.2. The lowest BCUT2D eigenvalue weighted by Crippen LogP contribution is -2.24. The number of esters is 1. The van der Waals surface area contributed by atoms with Gasteiger partial charge in [-0.05, 0) is 70.8 Å². The van der Waals surface area contributed by atoms with Gasteiger partial charge >= 0.3 is 5.97 Å². The maximum absolute atomic E-state index is 11.9. The second kappa shape index (κ2) is 12.1. The van der Waals surface area contributed by atoms with E-state index in [0.29, 0.717) is 12.3 Å². The molecule has 1 aromatic rings. The van der Waals surface area contributed by atoms with Gasteiger partial charge in [0.1, 0.15) is 5.60 Å². The summed E-state index contributed by atoms with van der Waals surface area (Å²) in [4.78, 5) is 11.9. The first-order chi connectivity index (χ1) is 11.8. The van der Waals surface area contributed by atoms with Gasteiger partial charge in [0.2, 0.25) is 0 Å². The van der Waals surface area contributed by atoms with Crippen LogP contribution in [-0.2, 0) is 16.0 Å². The number of carbonyl (C=O) groups is 1. The monoisotopic (exact) mass is 348 g/mol. The zero-order valence-corrected chi connectivity index (χ0v) is 17.8. The van der Waals surface area contributed by atoms with Crippen LogP contribution in [-0.4, -0.2) is 11.6 Å². The van der Waals surface area contributed by atoms with E-state index in [4.69, 9.17) is 4.74 Å². The largest absolute Gasteiger partial charge is 0.460 e. The Morgan fingerprint density at radius 3 is 2.04 bits per heavy atom. The molecular formula is C23H40O2. The highest BCUT2D eigenvalue weighted by Crippen LogP contribution is 2.35. The molecule has 2 unspecified atom stereocenters. The fourth-order valence-corrected chi connectivity index (χ4v) is 3.23. The molecule has 1 aromatic carbocycles. The van der Waals surface area contributed by atoms with Gasteiger partial charge in [-0.2, -0.15) is 0 Å². The van der Waals surface area contributed by atoms with E-state index in [2.05, 4.69) is 31.2 Å². The molecule has 2 nitrogen and oxygen atoms in total. The predicted molar refractivity (Wildman–Crippen MR) is 109 cm³/mol. The summed E-state index contributed by atoms with van der Waals surface area (Å²) in [5.74, 6) is 1.19. The van der Waals surface area contributed by atoms with Crippen molar-refractivity contribution in [3.63, 3.8) is 0 Å². The van der Waals surface area contributed by atoms with Gasteiger partial charge < -0.3 is 4.74 Å². The van der Waals surface area contributed by atoms with Crippen molar-refractivity contribution in [2.45, 2.75) is 93.1 Å². The van der Waals surface area contributed by atoms with E-state index in [1.165, 1.54) is 17.5 Å². The third-order valence-electron chi connectivity index (χ3n) is 4.17. The average Bonchev–Trinajstić information content (AvgIpc) is 2.98. The lowest BCUT2D eigenvalue weighted by atomic mass is 9.95. The molecule has 0 heterocycles. The molecular weight excluding hydrogens is 308 g/mol. The first kappa shape index (κ1) is 23.7. The van der Waals surface area contributed by atoms with E-state index in [1.54, 1.807) is 0 Å². The molecule has 0 N–H and O–H groups in total. The second-order valence-corrected chi connectivity index (χ2v) is 7.53. The third-order valence-corrected chi connectivity index (χ3v) is 4.17. The molecule has 25 heavy (non-hydrogen) atoms. The van der Waals surface area contributed by atoms with Crippen LogP contribution >= 0.6 is 0 Å². The van der Waals surface area contributed by atoms with Gasteiger partial charge in [-0.25, -0.2) is 0 Å². The van der Waals surface area contributed by atoms with E-state index < -0.39 is 0 Å². The van der Waals surface area contributed by atoms with Crippen LogP contribution in [0.3, 0.4) is 0 Å².